The predicted molar refractivity (Wildman–Crippen MR) is 106 cm³/mol. The van der Waals surface area contributed by atoms with Crippen molar-refractivity contribution in [3.8, 4) is 0 Å². The first-order chi connectivity index (χ1) is 12.8. The van der Waals surface area contributed by atoms with Crippen LogP contribution in [0.2, 0.25) is 0 Å². The standard InChI is InChI=1S/C16H16F3IN4O2S/c17-11-2-4-14(23-27(25,26)24-7-5-21-6-8-24)16(15(11)19)22-13-3-1-10(20)9-12(13)18/h1-4,9,21-23H,5-8H2. The maximum Gasteiger partial charge on any atom is 0.301 e. The van der Waals surface area contributed by atoms with Gasteiger partial charge in [0.2, 0.25) is 0 Å². The average Bonchev–Trinajstić information content (AvgIpc) is 2.63. The SMILES string of the molecule is O=S(=O)(Nc1ccc(F)c(F)c1Nc1ccc(I)cc1F)N1CCNCC1. The van der Waals surface area contributed by atoms with Crippen LogP contribution in [0.25, 0.3) is 0 Å². The van der Waals surface area contributed by atoms with E-state index in [-0.39, 0.29) is 24.5 Å². The summed E-state index contributed by atoms with van der Waals surface area (Å²) in [5, 5.41) is 5.48. The Kier molecular flexibility index (Phi) is 6.13. The Hall–Kier alpha value is -1.57. The second kappa shape index (κ2) is 8.20. The molecule has 1 saturated heterocycles. The molecule has 0 atom stereocenters. The third-order valence-corrected chi connectivity index (χ3v) is 6.13. The number of nitrogens with zero attached hydrogens (tertiary/aromatic N) is 1. The van der Waals surface area contributed by atoms with Gasteiger partial charge in [-0.1, -0.05) is 0 Å². The van der Waals surface area contributed by atoms with Crippen LogP contribution in [-0.4, -0.2) is 38.9 Å². The van der Waals surface area contributed by atoms with Gasteiger partial charge in [-0.15, -0.1) is 0 Å². The van der Waals surface area contributed by atoms with Gasteiger partial charge in [-0.3, -0.25) is 4.72 Å². The van der Waals surface area contributed by atoms with Crippen LogP contribution in [0.4, 0.5) is 30.2 Å². The normalized spacial score (nSPS) is 15.6. The van der Waals surface area contributed by atoms with Gasteiger partial charge >= 0.3 is 10.2 Å². The van der Waals surface area contributed by atoms with E-state index in [9.17, 15) is 21.6 Å². The number of benzene rings is 2. The van der Waals surface area contributed by atoms with Gasteiger partial charge in [-0.25, -0.2) is 13.2 Å². The molecule has 146 valence electrons. The van der Waals surface area contributed by atoms with Crippen LogP contribution in [0.5, 0.6) is 0 Å². The number of hydrogen-bond acceptors (Lipinski definition) is 4. The van der Waals surface area contributed by atoms with Crippen molar-refractivity contribution in [1.82, 2.24) is 9.62 Å². The summed E-state index contributed by atoms with van der Waals surface area (Å²) in [6.45, 7) is 1.45. The monoisotopic (exact) mass is 512 g/mol. The lowest BCUT2D eigenvalue weighted by atomic mass is 10.2. The van der Waals surface area contributed by atoms with Gasteiger partial charge in [0.05, 0.1) is 11.4 Å². The topological polar surface area (TPSA) is 73.5 Å². The molecule has 1 heterocycles. The second-order valence-corrected chi connectivity index (χ2v) is 8.71. The largest absolute Gasteiger partial charge is 0.349 e. The Bertz CT molecular complexity index is 953. The predicted octanol–water partition coefficient (Wildman–Crippen LogP) is 3.01. The summed E-state index contributed by atoms with van der Waals surface area (Å²) in [7, 11) is -3.98. The van der Waals surface area contributed by atoms with Crippen molar-refractivity contribution in [3.05, 3.63) is 51.4 Å². The number of nitrogens with one attached hydrogen (secondary N) is 3. The summed E-state index contributed by atoms with van der Waals surface area (Å²) in [6, 6.07) is 6.04. The molecule has 2 aromatic rings. The number of halogens is 4. The Morgan fingerprint density at radius 1 is 1.00 bits per heavy atom. The molecular weight excluding hydrogens is 496 g/mol. The number of piperazine rings is 1. The minimum absolute atomic E-state index is 0.109. The van der Waals surface area contributed by atoms with E-state index in [0.717, 1.165) is 12.1 Å². The Morgan fingerprint density at radius 2 is 1.67 bits per heavy atom. The zero-order chi connectivity index (χ0) is 19.6. The van der Waals surface area contributed by atoms with E-state index in [2.05, 4.69) is 15.4 Å². The van der Waals surface area contributed by atoms with Crippen LogP contribution in [0, 0.1) is 21.0 Å². The molecule has 0 radical (unpaired) electrons. The fourth-order valence-corrected chi connectivity index (χ4v) is 4.27. The molecule has 6 nitrogen and oxygen atoms in total. The molecule has 3 rings (SSSR count). The quantitative estimate of drug-likeness (QED) is 0.539. The molecule has 0 unspecified atom stereocenters. The molecule has 1 aliphatic rings. The fourth-order valence-electron chi connectivity index (χ4n) is 2.57. The van der Waals surface area contributed by atoms with Crippen molar-refractivity contribution in [2.75, 3.05) is 36.2 Å². The van der Waals surface area contributed by atoms with E-state index in [4.69, 9.17) is 0 Å². The van der Waals surface area contributed by atoms with Crippen LogP contribution in [0.3, 0.4) is 0 Å². The summed E-state index contributed by atoms with van der Waals surface area (Å²) in [6.07, 6.45) is 0. The highest BCUT2D eigenvalue weighted by Crippen LogP contribution is 2.32. The van der Waals surface area contributed by atoms with Crippen LogP contribution in [0.15, 0.2) is 30.3 Å². The zero-order valence-corrected chi connectivity index (χ0v) is 16.9. The summed E-state index contributed by atoms with van der Waals surface area (Å²) >= 11 is 1.91. The Balaban J connectivity index is 1.95. The average molecular weight is 512 g/mol. The molecule has 1 aliphatic heterocycles. The molecular formula is C16H16F3IN4O2S. The first kappa shape index (κ1) is 20.2. The van der Waals surface area contributed by atoms with Crippen molar-refractivity contribution >= 4 is 49.9 Å². The fraction of sp³-hybridized carbons (Fsp3) is 0.250. The van der Waals surface area contributed by atoms with Crippen LogP contribution in [-0.2, 0) is 10.2 Å². The smallest absolute Gasteiger partial charge is 0.301 e. The lowest BCUT2D eigenvalue weighted by Gasteiger charge is -2.27. The van der Waals surface area contributed by atoms with Crippen molar-refractivity contribution in [2.24, 2.45) is 0 Å². The van der Waals surface area contributed by atoms with E-state index < -0.39 is 33.3 Å². The Morgan fingerprint density at radius 3 is 2.33 bits per heavy atom. The maximum absolute atomic E-state index is 14.4. The van der Waals surface area contributed by atoms with Gasteiger partial charge in [0.1, 0.15) is 11.5 Å². The van der Waals surface area contributed by atoms with Crippen molar-refractivity contribution in [1.29, 1.82) is 0 Å². The molecule has 0 saturated carbocycles. The molecule has 11 heteroatoms. The second-order valence-electron chi connectivity index (χ2n) is 5.79. The van der Waals surface area contributed by atoms with E-state index in [1.54, 1.807) is 6.07 Å². The Labute approximate surface area is 168 Å². The summed E-state index contributed by atoms with van der Waals surface area (Å²) < 4.78 is 71.3. The van der Waals surface area contributed by atoms with E-state index in [1.807, 2.05) is 22.6 Å². The molecule has 0 aliphatic carbocycles. The third-order valence-electron chi connectivity index (χ3n) is 3.94. The summed E-state index contributed by atoms with van der Waals surface area (Å²) in [5.41, 5.74) is -0.818. The molecule has 3 N–H and O–H groups in total. The number of hydrogen-bond donors (Lipinski definition) is 3. The molecule has 2 aromatic carbocycles. The number of anilines is 3. The lowest BCUT2D eigenvalue weighted by Crippen LogP contribution is -2.48. The highest BCUT2D eigenvalue weighted by molar-refractivity contribution is 14.1. The maximum atomic E-state index is 14.4. The van der Waals surface area contributed by atoms with Crippen molar-refractivity contribution in [3.63, 3.8) is 0 Å². The highest BCUT2D eigenvalue weighted by Gasteiger charge is 2.26. The van der Waals surface area contributed by atoms with Gasteiger partial charge in [0.25, 0.3) is 0 Å². The first-order valence-electron chi connectivity index (χ1n) is 7.96. The highest BCUT2D eigenvalue weighted by atomic mass is 127. The van der Waals surface area contributed by atoms with Gasteiger partial charge in [0, 0.05) is 29.7 Å². The van der Waals surface area contributed by atoms with E-state index >= 15 is 0 Å². The van der Waals surface area contributed by atoms with Crippen LogP contribution in [0.1, 0.15) is 0 Å². The van der Waals surface area contributed by atoms with Crippen molar-refractivity contribution in [2.45, 2.75) is 0 Å². The van der Waals surface area contributed by atoms with E-state index in [1.165, 1.54) is 16.4 Å². The van der Waals surface area contributed by atoms with Crippen LogP contribution < -0.4 is 15.4 Å². The van der Waals surface area contributed by atoms with Gasteiger partial charge < -0.3 is 10.6 Å². The lowest BCUT2D eigenvalue weighted by molar-refractivity contribution is 0.362. The molecule has 0 aromatic heterocycles. The third kappa shape index (κ3) is 4.65. The van der Waals surface area contributed by atoms with E-state index in [0.29, 0.717) is 16.7 Å². The molecule has 0 bridgehead atoms. The first-order valence-corrected chi connectivity index (χ1v) is 10.5. The van der Waals surface area contributed by atoms with Crippen molar-refractivity contribution < 1.29 is 21.6 Å². The van der Waals surface area contributed by atoms with Gasteiger partial charge in [-0.2, -0.15) is 12.7 Å². The van der Waals surface area contributed by atoms with Gasteiger partial charge in [0.15, 0.2) is 11.6 Å². The summed E-state index contributed by atoms with van der Waals surface area (Å²) in [4.78, 5) is 0. The molecule has 0 spiro atoms. The number of rotatable bonds is 5. The van der Waals surface area contributed by atoms with Crippen LogP contribution >= 0.6 is 22.6 Å². The molecule has 0 amide bonds. The minimum atomic E-state index is -3.98. The molecule has 27 heavy (non-hydrogen) atoms. The summed E-state index contributed by atoms with van der Waals surface area (Å²) in [5.74, 6) is -3.18. The zero-order valence-electron chi connectivity index (χ0n) is 13.9. The van der Waals surface area contributed by atoms with Gasteiger partial charge in [-0.05, 0) is 52.9 Å². The minimum Gasteiger partial charge on any atom is -0.349 e. The molecule has 1 fully saturated rings.